The van der Waals surface area contributed by atoms with Gasteiger partial charge in [0, 0.05) is 19.3 Å². The topological polar surface area (TPSA) is 110 Å². The van der Waals surface area contributed by atoms with Gasteiger partial charge in [0.15, 0.2) is 0 Å². The lowest BCUT2D eigenvalue weighted by Crippen LogP contribution is -2.44. The zero-order chi connectivity index (χ0) is 14.9. The van der Waals surface area contributed by atoms with Crippen LogP contribution in [0.4, 0.5) is 0 Å². The van der Waals surface area contributed by atoms with Crippen molar-refractivity contribution in [1.29, 1.82) is 0 Å². The minimum absolute atomic E-state index is 0.126. The van der Waals surface area contributed by atoms with Gasteiger partial charge in [0.25, 0.3) is 11.5 Å². The summed E-state index contributed by atoms with van der Waals surface area (Å²) in [5.41, 5.74) is -2.47. The van der Waals surface area contributed by atoms with E-state index < -0.39 is 22.8 Å². The summed E-state index contributed by atoms with van der Waals surface area (Å²) in [4.78, 5) is 42.3. The molecular weight excluding hydrogens is 264 g/mol. The fourth-order valence-electron chi connectivity index (χ4n) is 2.49. The average molecular weight is 282 g/mol. The van der Waals surface area contributed by atoms with Crippen LogP contribution >= 0.6 is 0 Å². The van der Waals surface area contributed by atoms with Gasteiger partial charge in [0.2, 0.25) is 0 Å². The van der Waals surface area contributed by atoms with Gasteiger partial charge in [-0.3, -0.25) is 14.6 Å². The van der Waals surface area contributed by atoms with Gasteiger partial charge in [-0.15, -0.1) is 0 Å². The van der Waals surface area contributed by atoms with Crippen molar-refractivity contribution in [3.05, 3.63) is 32.6 Å². The van der Waals surface area contributed by atoms with E-state index in [4.69, 9.17) is 0 Å². The summed E-state index contributed by atoms with van der Waals surface area (Å²) in [6, 6.07) is 0. The van der Waals surface area contributed by atoms with Gasteiger partial charge in [-0.25, -0.2) is 4.79 Å². The molecule has 0 saturated carbocycles. The molecule has 1 fully saturated rings. The molecular formula is C12H18N4O4. The van der Waals surface area contributed by atoms with Gasteiger partial charge in [0.1, 0.15) is 5.56 Å². The summed E-state index contributed by atoms with van der Waals surface area (Å²) in [7, 11) is 3.68. The van der Waals surface area contributed by atoms with Crippen molar-refractivity contribution in [2.75, 3.05) is 33.7 Å². The molecule has 20 heavy (non-hydrogen) atoms. The standard InChI is InChI=1S/C12H18N4O4/c1-15(2)6-12(20)3-4-16(7-12)10(18)8-5-13-11(19)14-9(8)17/h5,20H,3-4,6-7H2,1-2H3,(H2,13,14,17,19)/t12-/m0/s1. The maximum atomic E-state index is 12.2. The normalized spacial score (nSPS) is 22.5. The number of likely N-dealkylation sites (tertiary alicyclic amines) is 1. The van der Waals surface area contributed by atoms with E-state index in [-0.39, 0.29) is 12.1 Å². The molecule has 8 nitrogen and oxygen atoms in total. The van der Waals surface area contributed by atoms with E-state index in [1.54, 1.807) is 0 Å². The molecule has 1 saturated heterocycles. The highest BCUT2D eigenvalue weighted by molar-refractivity contribution is 5.93. The quantitative estimate of drug-likeness (QED) is 0.606. The van der Waals surface area contributed by atoms with Crippen LogP contribution in [0.5, 0.6) is 0 Å². The van der Waals surface area contributed by atoms with Crippen molar-refractivity contribution in [3.8, 4) is 0 Å². The summed E-state index contributed by atoms with van der Waals surface area (Å²) in [6.07, 6.45) is 1.56. The number of H-pyrrole nitrogens is 2. The number of hydrogen-bond donors (Lipinski definition) is 3. The van der Waals surface area contributed by atoms with Crippen LogP contribution in [0.15, 0.2) is 15.8 Å². The first-order chi connectivity index (χ1) is 9.31. The molecule has 1 amide bonds. The van der Waals surface area contributed by atoms with Crippen LogP contribution in [0.3, 0.4) is 0 Å². The fourth-order valence-corrected chi connectivity index (χ4v) is 2.49. The number of β-amino-alcohol motifs (C(OH)–C–C–N with tert-alkyl or cyclic N) is 1. The Balaban J connectivity index is 2.16. The molecule has 1 aromatic rings. The van der Waals surface area contributed by atoms with Crippen molar-refractivity contribution < 1.29 is 9.90 Å². The molecule has 110 valence electrons. The molecule has 1 aliphatic rings. The number of nitrogens with zero attached hydrogens (tertiary/aromatic N) is 2. The number of hydrogen-bond acceptors (Lipinski definition) is 5. The molecule has 8 heteroatoms. The highest BCUT2D eigenvalue weighted by Crippen LogP contribution is 2.22. The largest absolute Gasteiger partial charge is 0.387 e. The van der Waals surface area contributed by atoms with E-state index >= 15 is 0 Å². The summed E-state index contributed by atoms with van der Waals surface area (Å²) in [5.74, 6) is -0.489. The molecule has 1 aromatic heterocycles. The van der Waals surface area contributed by atoms with Gasteiger partial charge < -0.3 is 19.9 Å². The summed E-state index contributed by atoms with van der Waals surface area (Å²) in [6.45, 7) is 0.989. The van der Waals surface area contributed by atoms with Crippen molar-refractivity contribution >= 4 is 5.91 Å². The second kappa shape index (κ2) is 5.22. The van der Waals surface area contributed by atoms with E-state index in [0.717, 1.165) is 6.20 Å². The molecule has 0 aliphatic carbocycles. The van der Waals surface area contributed by atoms with Crippen LogP contribution in [-0.4, -0.2) is 70.1 Å². The first-order valence-electron chi connectivity index (χ1n) is 6.29. The molecule has 0 aromatic carbocycles. The number of rotatable bonds is 3. The van der Waals surface area contributed by atoms with Crippen LogP contribution in [-0.2, 0) is 0 Å². The highest BCUT2D eigenvalue weighted by Gasteiger charge is 2.39. The van der Waals surface area contributed by atoms with Crippen molar-refractivity contribution in [3.63, 3.8) is 0 Å². The second-order valence-corrected chi connectivity index (χ2v) is 5.42. The van der Waals surface area contributed by atoms with Crippen LogP contribution in [0, 0.1) is 0 Å². The number of carbonyl (C=O) groups is 1. The van der Waals surface area contributed by atoms with Gasteiger partial charge in [-0.2, -0.15) is 0 Å². The maximum absolute atomic E-state index is 12.2. The maximum Gasteiger partial charge on any atom is 0.325 e. The Morgan fingerprint density at radius 3 is 2.80 bits per heavy atom. The molecule has 1 aliphatic heterocycles. The third-order valence-electron chi connectivity index (χ3n) is 3.28. The molecule has 2 rings (SSSR count). The number of likely N-dealkylation sites (N-methyl/N-ethyl adjacent to an activating group) is 1. The zero-order valence-corrected chi connectivity index (χ0v) is 11.5. The van der Waals surface area contributed by atoms with Crippen LogP contribution in [0.1, 0.15) is 16.8 Å². The Kier molecular flexibility index (Phi) is 3.78. The molecule has 0 spiro atoms. The lowest BCUT2D eigenvalue weighted by atomic mass is 10.0. The van der Waals surface area contributed by atoms with Gasteiger partial charge in [0.05, 0.1) is 12.1 Å². The number of amides is 1. The number of carbonyl (C=O) groups excluding carboxylic acids is 1. The van der Waals surface area contributed by atoms with Crippen LogP contribution in [0.2, 0.25) is 0 Å². The van der Waals surface area contributed by atoms with E-state index in [2.05, 4.69) is 4.98 Å². The van der Waals surface area contributed by atoms with E-state index in [1.807, 2.05) is 24.0 Å². The summed E-state index contributed by atoms with van der Waals surface area (Å²) >= 11 is 0. The Labute approximate surface area is 115 Å². The lowest BCUT2D eigenvalue weighted by molar-refractivity contribution is 0.0236. The first kappa shape index (κ1) is 14.5. The minimum atomic E-state index is -0.964. The molecule has 3 N–H and O–H groups in total. The van der Waals surface area contributed by atoms with Gasteiger partial charge in [-0.1, -0.05) is 0 Å². The van der Waals surface area contributed by atoms with Gasteiger partial charge >= 0.3 is 5.69 Å². The third kappa shape index (κ3) is 2.97. The molecule has 1 atom stereocenters. The molecule has 0 radical (unpaired) electrons. The number of aromatic amines is 2. The number of aromatic nitrogens is 2. The van der Waals surface area contributed by atoms with E-state index in [0.29, 0.717) is 19.5 Å². The Morgan fingerprint density at radius 2 is 2.20 bits per heavy atom. The minimum Gasteiger partial charge on any atom is -0.387 e. The first-order valence-corrected chi connectivity index (χ1v) is 6.29. The molecule has 0 unspecified atom stereocenters. The SMILES string of the molecule is CN(C)C[C@@]1(O)CCN(C(=O)c2c[nH]c(=O)[nH]c2=O)C1. The number of aliphatic hydroxyl groups is 1. The summed E-state index contributed by atoms with van der Waals surface area (Å²) in [5, 5.41) is 10.4. The third-order valence-corrected chi connectivity index (χ3v) is 3.28. The summed E-state index contributed by atoms with van der Waals surface area (Å²) < 4.78 is 0. The monoisotopic (exact) mass is 282 g/mol. The highest BCUT2D eigenvalue weighted by atomic mass is 16.3. The Bertz CT molecular complexity index is 620. The van der Waals surface area contributed by atoms with Crippen molar-refractivity contribution in [2.24, 2.45) is 0 Å². The zero-order valence-electron chi connectivity index (χ0n) is 11.5. The predicted molar refractivity (Wildman–Crippen MR) is 71.7 cm³/mol. The van der Waals surface area contributed by atoms with E-state index in [9.17, 15) is 19.5 Å². The lowest BCUT2D eigenvalue weighted by Gasteiger charge is -2.26. The van der Waals surface area contributed by atoms with Gasteiger partial charge in [-0.05, 0) is 20.5 Å². The Morgan fingerprint density at radius 1 is 1.50 bits per heavy atom. The average Bonchev–Trinajstić information content (AvgIpc) is 2.69. The fraction of sp³-hybridized carbons (Fsp3) is 0.583. The molecule has 0 bridgehead atoms. The Hall–Kier alpha value is -1.93. The smallest absolute Gasteiger partial charge is 0.325 e. The second-order valence-electron chi connectivity index (χ2n) is 5.42. The van der Waals surface area contributed by atoms with Crippen molar-refractivity contribution in [1.82, 2.24) is 19.8 Å². The van der Waals surface area contributed by atoms with Crippen LogP contribution < -0.4 is 11.2 Å². The predicted octanol–water partition coefficient (Wildman–Crippen LogP) is -1.80. The number of nitrogens with one attached hydrogen (secondary N) is 2. The van der Waals surface area contributed by atoms with Crippen LogP contribution in [0.25, 0.3) is 0 Å². The molecule has 2 heterocycles. The van der Waals surface area contributed by atoms with E-state index in [1.165, 1.54) is 4.90 Å². The van der Waals surface area contributed by atoms with Crippen molar-refractivity contribution in [2.45, 2.75) is 12.0 Å².